The summed E-state index contributed by atoms with van der Waals surface area (Å²) in [5.74, 6) is 2.04. The summed E-state index contributed by atoms with van der Waals surface area (Å²) in [6.07, 6.45) is 9.68. The minimum absolute atomic E-state index is 0.365. The standard InChI is InChI=1S/C19H27NO/c1-2-20-17(13-12-15-8-4-3-5-9-15)19-14-16-10-6-7-11-18(16)21-19/h6-7,10-11,14-15,17,20H,2-5,8-9,12-13H2,1H3. The molecule has 2 aromatic rings. The molecule has 0 saturated heterocycles. The van der Waals surface area contributed by atoms with Gasteiger partial charge in [0.05, 0.1) is 6.04 Å². The van der Waals surface area contributed by atoms with Gasteiger partial charge in [0, 0.05) is 5.39 Å². The fourth-order valence-electron chi connectivity index (χ4n) is 3.64. The third kappa shape index (κ3) is 3.68. The van der Waals surface area contributed by atoms with Crippen LogP contribution in [0.25, 0.3) is 11.0 Å². The zero-order valence-electron chi connectivity index (χ0n) is 13.1. The second-order valence-electron chi connectivity index (χ2n) is 6.38. The van der Waals surface area contributed by atoms with Crippen LogP contribution in [0.3, 0.4) is 0 Å². The number of nitrogens with one attached hydrogen (secondary N) is 1. The van der Waals surface area contributed by atoms with Crippen molar-refractivity contribution in [1.29, 1.82) is 0 Å². The molecule has 1 N–H and O–H groups in total. The summed E-state index contributed by atoms with van der Waals surface area (Å²) in [5.41, 5.74) is 1.01. The highest BCUT2D eigenvalue weighted by Gasteiger charge is 2.19. The lowest BCUT2D eigenvalue weighted by molar-refractivity contribution is 0.304. The van der Waals surface area contributed by atoms with Crippen molar-refractivity contribution >= 4 is 11.0 Å². The van der Waals surface area contributed by atoms with E-state index in [9.17, 15) is 0 Å². The van der Waals surface area contributed by atoms with Gasteiger partial charge in [-0.25, -0.2) is 0 Å². The van der Waals surface area contributed by atoms with Gasteiger partial charge in [-0.15, -0.1) is 0 Å². The fourth-order valence-corrected chi connectivity index (χ4v) is 3.64. The van der Waals surface area contributed by atoms with E-state index in [1.165, 1.54) is 50.3 Å². The third-order valence-corrected chi connectivity index (χ3v) is 4.83. The minimum atomic E-state index is 0.365. The third-order valence-electron chi connectivity index (χ3n) is 4.83. The summed E-state index contributed by atoms with van der Waals surface area (Å²) < 4.78 is 6.06. The van der Waals surface area contributed by atoms with E-state index >= 15 is 0 Å². The van der Waals surface area contributed by atoms with E-state index in [0.29, 0.717) is 6.04 Å². The Labute approximate surface area is 127 Å². The van der Waals surface area contributed by atoms with Gasteiger partial charge in [-0.1, -0.05) is 57.2 Å². The average Bonchev–Trinajstić information content (AvgIpc) is 2.96. The highest BCUT2D eigenvalue weighted by Crippen LogP contribution is 2.32. The van der Waals surface area contributed by atoms with Crippen molar-refractivity contribution in [3.8, 4) is 0 Å². The Bertz CT molecular complexity index is 520. The summed E-state index contributed by atoms with van der Waals surface area (Å²) in [4.78, 5) is 0. The van der Waals surface area contributed by atoms with Crippen LogP contribution in [0.2, 0.25) is 0 Å². The summed E-state index contributed by atoms with van der Waals surface area (Å²) in [5, 5.41) is 4.82. The quantitative estimate of drug-likeness (QED) is 0.764. The number of benzene rings is 1. The van der Waals surface area contributed by atoms with Crippen LogP contribution in [-0.2, 0) is 0 Å². The molecule has 1 aliphatic carbocycles. The first-order chi connectivity index (χ1) is 10.4. The van der Waals surface area contributed by atoms with Gasteiger partial charge in [-0.3, -0.25) is 0 Å². The van der Waals surface area contributed by atoms with E-state index in [1.54, 1.807) is 0 Å². The first-order valence-corrected chi connectivity index (χ1v) is 8.58. The van der Waals surface area contributed by atoms with E-state index in [2.05, 4.69) is 36.5 Å². The monoisotopic (exact) mass is 285 g/mol. The van der Waals surface area contributed by atoms with Gasteiger partial charge >= 0.3 is 0 Å². The smallest absolute Gasteiger partial charge is 0.134 e. The van der Waals surface area contributed by atoms with Crippen molar-refractivity contribution in [3.63, 3.8) is 0 Å². The summed E-state index contributed by atoms with van der Waals surface area (Å²) >= 11 is 0. The van der Waals surface area contributed by atoms with Crippen molar-refractivity contribution in [3.05, 3.63) is 36.1 Å². The predicted octanol–water partition coefficient (Wildman–Crippen LogP) is 5.44. The SMILES string of the molecule is CCNC(CCC1CCCCC1)c1cc2ccccc2o1. The van der Waals surface area contributed by atoms with E-state index in [-0.39, 0.29) is 0 Å². The first-order valence-electron chi connectivity index (χ1n) is 8.58. The molecule has 0 bridgehead atoms. The van der Waals surface area contributed by atoms with Crippen LogP contribution in [0, 0.1) is 5.92 Å². The number of rotatable bonds is 6. The summed E-state index contributed by atoms with van der Waals surface area (Å²) in [7, 11) is 0. The number of hydrogen-bond acceptors (Lipinski definition) is 2. The highest BCUT2D eigenvalue weighted by molar-refractivity contribution is 5.77. The van der Waals surface area contributed by atoms with E-state index in [1.807, 2.05) is 6.07 Å². The predicted molar refractivity (Wildman–Crippen MR) is 88.4 cm³/mol. The molecule has 1 saturated carbocycles. The van der Waals surface area contributed by atoms with Gasteiger partial charge in [0.25, 0.3) is 0 Å². The van der Waals surface area contributed by atoms with E-state index in [0.717, 1.165) is 23.8 Å². The van der Waals surface area contributed by atoms with Crippen LogP contribution in [-0.4, -0.2) is 6.54 Å². The number of furan rings is 1. The largest absolute Gasteiger partial charge is 0.459 e. The molecule has 1 unspecified atom stereocenters. The topological polar surface area (TPSA) is 25.2 Å². The zero-order chi connectivity index (χ0) is 14.5. The molecule has 0 radical (unpaired) electrons. The van der Waals surface area contributed by atoms with Crippen molar-refractivity contribution < 1.29 is 4.42 Å². The Kier molecular flexibility index (Phi) is 4.97. The molecule has 1 aromatic heterocycles. The lowest BCUT2D eigenvalue weighted by Crippen LogP contribution is -2.21. The molecule has 114 valence electrons. The maximum Gasteiger partial charge on any atom is 0.134 e. The Morgan fingerprint density at radius 3 is 2.76 bits per heavy atom. The van der Waals surface area contributed by atoms with Gasteiger partial charge in [-0.2, -0.15) is 0 Å². The van der Waals surface area contributed by atoms with Gasteiger partial charge in [-0.05, 0) is 37.4 Å². The van der Waals surface area contributed by atoms with E-state index in [4.69, 9.17) is 4.42 Å². The Morgan fingerprint density at radius 1 is 1.19 bits per heavy atom. The second-order valence-corrected chi connectivity index (χ2v) is 6.38. The van der Waals surface area contributed by atoms with Crippen molar-refractivity contribution in [2.75, 3.05) is 6.54 Å². The van der Waals surface area contributed by atoms with Crippen LogP contribution < -0.4 is 5.32 Å². The number of para-hydroxylation sites is 1. The summed E-state index contributed by atoms with van der Waals surface area (Å²) in [6.45, 7) is 3.17. The molecule has 1 fully saturated rings. The highest BCUT2D eigenvalue weighted by atomic mass is 16.3. The maximum absolute atomic E-state index is 6.06. The molecule has 3 rings (SSSR count). The van der Waals surface area contributed by atoms with Crippen molar-refractivity contribution in [2.24, 2.45) is 5.92 Å². The normalized spacial score (nSPS) is 18.1. The lowest BCUT2D eigenvalue weighted by Gasteiger charge is -2.24. The van der Waals surface area contributed by atoms with Gasteiger partial charge in [0.15, 0.2) is 0 Å². The molecule has 1 atom stereocenters. The molecule has 0 spiro atoms. The first kappa shape index (κ1) is 14.6. The van der Waals surface area contributed by atoms with Crippen molar-refractivity contribution in [2.45, 2.75) is 57.9 Å². The van der Waals surface area contributed by atoms with E-state index < -0.39 is 0 Å². The van der Waals surface area contributed by atoms with Crippen LogP contribution in [0.1, 0.15) is 63.7 Å². The van der Waals surface area contributed by atoms with Crippen molar-refractivity contribution in [1.82, 2.24) is 5.32 Å². The van der Waals surface area contributed by atoms with Gasteiger partial charge < -0.3 is 9.73 Å². The Hall–Kier alpha value is -1.28. The minimum Gasteiger partial charge on any atom is -0.459 e. The molecule has 2 nitrogen and oxygen atoms in total. The fraction of sp³-hybridized carbons (Fsp3) is 0.579. The van der Waals surface area contributed by atoms with Crippen LogP contribution in [0.5, 0.6) is 0 Å². The summed E-state index contributed by atoms with van der Waals surface area (Å²) in [6, 6.07) is 10.9. The average molecular weight is 285 g/mol. The molecule has 0 aliphatic heterocycles. The molecule has 0 amide bonds. The van der Waals surface area contributed by atoms with Gasteiger partial charge in [0.1, 0.15) is 11.3 Å². The molecular formula is C19H27NO. The second kappa shape index (κ2) is 7.13. The zero-order valence-corrected chi connectivity index (χ0v) is 13.1. The molecule has 21 heavy (non-hydrogen) atoms. The van der Waals surface area contributed by atoms with Gasteiger partial charge in [0.2, 0.25) is 0 Å². The maximum atomic E-state index is 6.06. The molecule has 1 aromatic carbocycles. The van der Waals surface area contributed by atoms with Crippen LogP contribution >= 0.6 is 0 Å². The number of fused-ring (bicyclic) bond motifs is 1. The molecule has 1 aliphatic rings. The van der Waals surface area contributed by atoms with Crippen LogP contribution in [0.15, 0.2) is 34.7 Å². The Balaban J connectivity index is 1.67. The Morgan fingerprint density at radius 2 is 2.00 bits per heavy atom. The van der Waals surface area contributed by atoms with Crippen LogP contribution in [0.4, 0.5) is 0 Å². The lowest BCUT2D eigenvalue weighted by atomic mass is 9.85. The molecular weight excluding hydrogens is 258 g/mol. The molecule has 2 heteroatoms. The number of hydrogen-bond donors (Lipinski definition) is 1. The molecule has 1 heterocycles.